The Kier molecular flexibility index (Phi) is 5.54. The summed E-state index contributed by atoms with van der Waals surface area (Å²) in [4.78, 5) is 14.8. The van der Waals surface area contributed by atoms with Gasteiger partial charge in [-0.15, -0.1) is 0 Å². The first-order valence-electron chi connectivity index (χ1n) is 15.5. The molecule has 0 N–H and O–H groups in total. The topological polar surface area (TPSA) is 38.7 Å². The van der Waals surface area contributed by atoms with Crippen LogP contribution in [0.4, 0.5) is 0 Å². The molecule has 1 aliphatic rings. The van der Waals surface area contributed by atoms with Gasteiger partial charge in [-0.3, -0.25) is 0 Å². The molecule has 1 aromatic heterocycles. The number of hydrogen-bond donors (Lipinski definition) is 0. The van der Waals surface area contributed by atoms with Gasteiger partial charge in [0.2, 0.25) is 0 Å². The van der Waals surface area contributed by atoms with Crippen LogP contribution in [0.25, 0.3) is 77.6 Å². The van der Waals surface area contributed by atoms with Crippen molar-refractivity contribution in [2.45, 2.75) is 19.3 Å². The highest BCUT2D eigenvalue weighted by Crippen LogP contribution is 2.52. The van der Waals surface area contributed by atoms with Gasteiger partial charge < -0.3 is 0 Å². The van der Waals surface area contributed by atoms with Crippen LogP contribution < -0.4 is 0 Å². The van der Waals surface area contributed by atoms with Crippen LogP contribution in [0.2, 0.25) is 0 Å². The highest BCUT2D eigenvalue weighted by Gasteiger charge is 2.36. The van der Waals surface area contributed by atoms with E-state index in [1.54, 1.807) is 0 Å². The monoisotopic (exact) mass is 575 g/mol. The van der Waals surface area contributed by atoms with E-state index in [2.05, 4.69) is 92.7 Å². The van der Waals surface area contributed by atoms with Gasteiger partial charge in [0.25, 0.3) is 0 Å². The Balaban J connectivity index is 1.25. The smallest absolute Gasteiger partial charge is 0.164 e. The van der Waals surface area contributed by atoms with Crippen molar-refractivity contribution in [3.63, 3.8) is 0 Å². The van der Waals surface area contributed by atoms with Crippen LogP contribution in [0.1, 0.15) is 25.0 Å². The van der Waals surface area contributed by atoms with Gasteiger partial charge in [0, 0.05) is 22.1 Å². The summed E-state index contributed by atoms with van der Waals surface area (Å²) in [6.45, 7) is 4.72. The molecule has 0 radical (unpaired) electrons. The van der Waals surface area contributed by atoms with E-state index < -0.39 is 0 Å². The third kappa shape index (κ3) is 3.94. The summed E-state index contributed by atoms with van der Waals surface area (Å²) in [7, 11) is 0. The average Bonchev–Trinajstić information content (AvgIpc) is 3.34. The Labute approximate surface area is 261 Å². The van der Waals surface area contributed by atoms with Gasteiger partial charge in [-0.1, -0.05) is 147 Å². The van der Waals surface area contributed by atoms with E-state index in [0.717, 1.165) is 16.7 Å². The van der Waals surface area contributed by atoms with E-state index in [4.69, 9.17) is 15.0 Å². The van der Waals surface area contributed by atoms with Gasteiger partial charge in [0.05, 0.1) is 0 Å². The Morgan fingerprint density at radius 1 is 0.422 bits per heavy atom. The summed E-state index contributed by atoms with van der Waals surface area (Å²) in [6.07, 6.45) is 0. The van der Waals surface area contributed by atoms with Crippen LogP contribution in [0.15, 0.2) is 140 Å². The minimum atomic E-state index is -0.0670. The molecule has 0 bridgehead atoms. The van der Waals surface area contributed by atoms with Gasteiger partial charge in [0.1, 0.15) is 0 Å². The Morgan fingerprint density at radius 2 is 0.978 bits per heavy atom. The zero-order valence-corrected chi connectivity index (χ0v) is 25.1. The molecule has 0 spiro atoms. The van der Waals surface area contributed by atoms with Crippen molar-refractivity contribution < 1.29 is 0 Å². The van der Waals surface area contributed by atoms with Crippen molar-refractivity contribution in [3.8, 4) is 45.3 Å². The van der Waals surface area contributed by atoms with Crippen molar-refractivity contribution in [1.29, 1.82) is 0 Å². The maximum atomic E-state index is 4.97. The summed E-state index contributed by atoms with van der Waals surface area (Å²) < 4.78 is 0. The minimum absolute atomic E-state index is 0.0670. The van der Waals surface area contributed by atoms with Gasteiger partial charge in [-0.2, -0.15) is 0 Å². The van der Waals surface area contributed by atoms with Gasteiger partial charge in [-0.25, -0.2) is 15.0 Å². The van der Waals surface area contributed by atoms with Crippen LogP contribution in [-0.4, -0.2) is 15.0 Å². The van der Waals surface area contributed by atoms with Crippen LogP contribution >= 0.6 is 0 Å². The lowest BCUT2D eigenvalue weighted by molar-refractivity contribution is 0.666. The van der Waals surface area contributed by atoms with E-state index in [1.165, 1.54) is 54.6 Å². The van der Waals surface area contributed by atoms with Crippen molar-refractivity contribution in [3.05, 3.63) is 151 Å². The first kappa shape index (κ1) is 25.8. The maximum absolute atomic E-state index is 4.97. The molecular formula is C42H29N3. The van der Waals surface area contributed by atoms with E-state index in [1.807, 2.05) is 60.7 Å². The quantitative estimate of drug-likeness (QED) is 0.197. The molecule has 0 fully saturated rings. The lowest BCUT2D eigenvalue weighted by Gasteiger charge is -2.23. The Hall–Kier alpha value is -5.67. The average molecular weight is 576 g/mol. The van der Waals surface area contributed by atoms with Crippen LogP contribution in [-0.2, 0) is 5.41 Å². The molecule has 3 nitrogen and oxygen atoms in total. The molecule has 8 aromatic rings. The fourth-order valence-corrected chi connectivity index (χ4v) is 7.34. The summed E-state index contributed by atoms with van der Waals surface area (Å²) >= 11 is 0. The molecule has 0 saturated carbocycles. The Bertz CT molecular complexity index is 2390. The number of aromatic nitrogens is 3. The lowest BCUT2D eigenvalue weighted by atomic mass is 9.79. The molecule has 1 aliphatic carbocycles. The standard InChI is InChI=1S/C42H29N3/c1-42(2)36-16-10-9-15-32(36)34-24-23-33-35(38(34)42)22-19-26-17-18-29-25-30(20-21-31(29)37(26)33)41-44-39(27-11-5-3-6-12-27)43-40(45-41)28-13-7-4-8-14-28/h3-25H,1-2H3. The van der Waals surface area contributed by atoms with E-state index >= 15 is 0 Å². The summed E-state index contributed by atoms with van der Waals surface area (Å²) in [6, 6.07) is 49.5. The minimum Gasteiger partial charge on any atom is -0.208 e. The van der Waals surface area contributed by atoms with E-state index in [9.17, 15) is 0 Å². The molecule has 45 heavy (non-hydrogen) atoms. The molecule has 212 valence electrons. The van der Waals surface area contributed by atoms with Gasteiger partial charge in [-0.05, 0) is 60.6 Å². The molecule has 9 rings (SSSR count). The molecule has 1 heterocycles. The van der Waals surface area contributed by atoms with Crippen molar-refractivity contribution in [2.24, 2.45) is 0 Å². The van der Waals surface area contributed by atoms with Crippen LogP contribution in [0, 0.1) is 0 Å². The number of benzene rings is 7. The molecule has 0 amide bonds. The van der Waals surface area contributed by atoms with Crippen molar-refractivity contribution in [2.75, 3.05) is 0 Å². The first-order chi connectivity index (χ1) is 22.1. The number of fused-ring (bicyclic) bond motifs is 9. The predicted octanol–water partition coefficient (Wildman–Crippen LogP) is 10.6. The fraction of sp³-hybridized carbons (Fsp3) is 0.0714. The molecule has 7 aromatic carbocycles. The first-order valence-corrected chi connectivity index (χ1v) is 15.5. The predicted molar refractivity (Wildman–Crippen MR) is 186 cm³/mol. The number of hydrogen-bond acceptors (Lipinski definition) is 3. The third-order valence-corrected chi connectivity index (χ3v) is 9.47. The third-order valence-electron chi connectivity index (χ3n) is 9.47. The zero-order valence-electron chi connectivity index (χ0n) is 25.1. The summed E-state index contributed by atoms with van der Waals surface area (Å²) in [5.41, 5.74) is 8.36. The molecular weight excluding hydrogens is 546 g/mol. The zero-order chi connectivity index (χ0) is 30.1. The second-order valence-electron chi connectivity index (χ2n) is 12.5. The van der Waals surface area contributed by atoms with Gasteiger partial charge in [0.15, 0.2) is 17.5 Å². The molecule has 0 aliphatic heterocycles. The molecule has 0 unspecified atom stereocenters. The lowest BCUT2D eigenvalue weighted by Crippen LogP contribution is -2.15. The maximum Gasteiger partial charge on any atom is 0.164 e. The summed E-state index contributed by atoms with van der Waals surface area (Å²) in [5, 5.41) is 7.55. The fourth-order valence-electron chi connectivity index (χ4n) is 7.34. The van der Waals surface area contributed by atoms with Crippen LogP contribution in [0.5, 0.6) is 0 Å². The molecule has 3 heteroatoms. The summed E-state index contributed by atoms with van der Waals surface area (Å²) in [5.74, 6) is 2.00. The second-order valence-corrected chi connectivity index (χ2v) is 12.5. The molecule has 0 atom stereocenters. The van der Waals surface area contributed by atoms with E-state index in [-0.39, 0.29) is 5.41 Å². The van der Waals surface area contributed by atoms with Gasteiger partial charge >= 0.3 is 0 Å². The van der Waals surface area contributed by atoms with E-state index in [0.29, 0.717) is 17.5 Å². The van der Waals surface area contributed by atoms with Crippen molar-refractivity contribution in [1.82, 2.24) is 15.0 Å². The highest BCUT2D eigenvalue weighted by molar-refractivity contribution is 6.22. The SMILES string of the molecule is CC1(C)c2ccccc2-c2ccc3c(ccc4ccc5cc(-c6nc(-c7ccccc7)nc(-c7ccccc7)n6)ccc5c43)c21. The number of rotatable bonds is 3. The number of nitrogens with zero attached hydrogens (tertiary/aromatic N) is 3. The normalized spacial score (nSPS) is 13.3. The highest BCUT2D eigenvalue weighted by atomic mass is 15.0. The van der Waals surface area contributed by atoms with Crippen LogP contribution in [0.3, 0.4) is 0 Å². The second kappa shape index (κ2) is 9.67. The molecule has 0 saturated heterocycles. The Morgan fingerprint density at radius 3 is 1.69 bits per heavy atom. The largest absolute Gasteiger partial charge is 0.208 e. The van der Waals surface area contributed by atoms with Crippen molar-refractivity contribution >= 4 is 32.3 Å².